The molecule has 1 saturated heterocycles. The highest BCUT2D eigenvalue weighted by atomic mass is 32.2. The van der Waals surface area contributed by atoms with Gasteiger partial charge in [0.25, 0.3) is 5.91 Å². The number of fused-ring (bicyclic) bond motifs is 2. The summed E-state index contributed by atoms with van der Waals surface area (Å²) >= 11 is 0. The molecule has 1 aromatic carbocycles. The molecule has 1 saturated carbocycles. The number of amides is 1. The Bertz CT molecular complexity index is 1700. The highest BCUT2D eigenvalue weighted by Gasteiger charge is 2.40. The second-order valence-electron chi connectivity index (χ2n) is 13.4. The average molecular weight is 593 g/mol. The lowest BCUT2D eigenvalue weighted by atomic mass is 9.81. The van der Waals surface area contributed by atoms with Gasteiger partial charge in [0.05, 0.1) is 39.5 Å². The first-order chi connectivity index (χ1) is 19.7. The first-order valence-corrected chi connectivity index (χ1v) is 16.4. The fraction of sp³-hybridized carbons (Fsp3) is 0.515. The molecule has 1 aliphatic heterocycles. The van der Waals surface area contributed by atoms with Crippen LogP contribution in [-0.2, 0) is 21.2 Å². The van der Waals surface area contributed by atoms with Gasteiger partial charge in [-0.2, -0.15) is 0 Å². The Morgan fingerprint density at radius 1 is 1.12 bits per heavy atom. The van der Waals surface area contributed by atoms with E-state index in [1.54, 1.807) is 6.07 Å². The first-order valence-electron chi connectivity index (χ1n) is 14.9. The summed E-state index contributed by atoms with van der Waals surface area (Å²) in [6, 6.07) is 5.42. The Labute approximate surface area is 247 Å². The van der Waals surface area contributed by atoms with Crippen molar-refractivity contribution < 1.29 is 27.1 Å². The van der Waals surface area contributed by atoms with Crippen LogP contribution in [0.1, 0.15) is 92.6 Å². The maximum absolute atomic E-state index is 13.8. The van der Waals surface area contributed by atoms with E-state index in [4.69, 9.17) is 18.9 Å². The van der Waals surface area contributed by atoms with Crippen molar-refractivity contribution in [1.82, 2.24) is 9.71 Å². The third-order valence-electron chi connectivity index (χ3n) is 8.52. The number of rotatable bonds is 7. The maximum Gasteiger partial charge on any atom is 0.265 e. The molecule has 1 amide bonds. The van der Waals surface area contributed by atoms with Gasteiger partial charge in [0.15, 0.2) is 5.76 Å². The van der Waals surface area contributed by atoms with Crippen molar-refractivity contribution in [2.45, 2.75) is 96.5 Å². The molecule has 2 fully saturated rings. The average Bonchev–Trinajstić information content (AvgIpc) is 3.71. The van der Waals surface area contributed by atoms with Crippen molar-refractivity contribution in [2.75, 3.05) is 6.61 Å². The lowest BCUT2D eigenvalue weighted by molar-refractivity contribution is -0.175. The normalized spacial score (nSPS) is 20.0. The Hall–Kier alpha value is -3.17. The molecule has 0 radical (unpaired) electrons. The van der Waals surface area contributed by atoms with Gasteiger partial charge in [-0.05, 0) is 110 Å². The molecule has 3 aromatic rings. The Balaban J connectivity index is 1.44. The molecular formula is C33H40N2O6S. The molecule has 2 aliphatic carbocycles. The van der Waals surface area contributed by atoms with Crippen LogP contribution >= 0.6 is 0 Å². The lowest BCUT2D eigenvalue weighted by Gasteiger charge is -2.45. The van der Waals surface area contributed by atoms with E-state index in [-0.39, 0.29) is 22.7 Å². The van der Waals surface area contributed by atoms with Crippen molar-refractivity contribution in [2.24, 2.45) is 5.92 Å². The van der Waals surface area contributed by atoms with Crippen molar-refractivity contribution in [3.8, 4) is 17.2 Å². The molecule has 1 N–H and O–H groups in total. The van der Waals surface area contributed by atoms with Crippen LogP contribution in [-0.4, -0.2) is 42.4 Å². The summed E-state index contributed by atoms with van der Waals surface area (Å²) in [7, 11) is -3.78. The number of ether oxygens (including phenoxy) is 2. The number of furan rings is 1. The van der Waals surface area contributed by atoms with E-state index in [1.165, 1.54) is 0 Å². The van der Waals surface area contributed by atoms with Gasteiger partial charge in [-0.1, -0.05) is 12.1 Å². The molecule has 2 aromatic heterocycles. The van der Waals surface area contributed by atoms with Crippen molar-refractivity contribution in [3.63, 3.8) is 0 Å². The van der Waals surface area contributed by atoms with E-state index < -0.39 is 21.2 Å². The van der Waals surface area contributed by atoms with Crippen LogP contribution < -0.4 is 9.46 Å². The highest BCUT2D eigenvalue weighted by molar-refractivity contribution is 7.91. The predicted octanol–water partition coefficient (Wildman–Crippen LogP) is 6.66. The zero-order valence-corrected chi connectivity index (χ0v) is 26.1. The maximum atomic E-state index is 13.8. The van der Waals surface area contributed by atoms with Crippen molar-refractivity contribution in [1.29, 1.82) is 0 Å². The monoisotopic (exact) mass is 592 g/mol. The number of pyridine rings is 1. The van der Waals surface area contributed by atoms with E-state index >= 15 is 0 Å². The van der Waals surface area contributed by atoms with Crippen LogP contribution in [0.2, 0.25) is 0 Å². The number of aryl methyl sites for hydroxylation is 1. The Morgan fingerprint density at radius 2 is 1.83 bits per heavy atom. The molecule has 3 aliphatic rings. The van der Waals surface area contributed by atoms with Gasteiger partial charge >= 0.3 is 0 Å². The van der Waals surface area contributed by atoms with Crippen molar-refractivity contribution >= 4 is 32.9 Å². The fourth-order valence-corrected chi connectivity index (χ4v) is 8.09. The van der Waals surface area contributed by atoms with Crippen LogP contribution in [0.15, 0.2) is 28.7 Å². The highest BCUT2D eigenvalue weighted by Crippen LogP contribution is 2.41. The summed E-state index contributed by atoms with van der Waals surface area (Å²) < 4.78 is 47.0. The number of hydrogen-bond acceptors (Lipinski definition) is 7. The fourth-order valence-electron chi connectivity index (χ4n) is 6.80. The number of benzene rings is 1. The number of aromatic nitrogens is 1. The SMILES string of the molecule is Cc1c(-c2cc(C(=O)NS(=O)(=O)C3CC3)c3c(OCC4CC(C)(C)OC(C)(C)C4)ccc(C)c3n2)oc2c1CCC=C2. The summed E-state index contributed by atoms with van der Waals surface area (Å²) in [6.45, 7) is 12.8. The minimum Gasteiger partial charge on any atom is -0.493 e. The van der Waals surface area contributed by atoms with Crippen LogP contribution in [0.3, 0.4) is 0 Å². The zero-order chi connectivity index (χ0) is 30.0. The number of carbonyl (C=O) groups is 1. The van der Waals surface area contributed by atoms with Gasteiger partial charge in [-0.3, -0.25) is 4.79 Å². The number of nitrogens with one attached hydrogen (secondary N) is 1. The molecule has 9 heteroatoms. The molecule has 224 valence electrons. The molecule has 42 heavy (non-hydrogen) atoms. The van der Waals surface area contributed by atoms with Gasteiger partial charge in [0.2, 0.25) is 10.0 Å². The zero-order valence-electron chi connectivity index (χ0n) is 25.3. The quantitative estimate of drug-likeness (QED) is 0.327. The summed E-state index contributed by atoms with van der Waals surface area (Å²) in [5.74, 6) is 1.45. The van der Waals surface area contributed by atoms with Gasteiger partial charge < -0.3 is 13.9 Å². The van der Waals surface area contributed by atoms with Gasteiger partial charge in [0.1, 0.15) is 17.2 Å². The second kappa shape index (κ2) is 10.2. The molecular weight excluding hydrogens is 552 g/mol. The van der Waals surface area contributed by atoms with Crippen LogP contribution in [0.4, 0.5) is 0 Å². The van der Waals surface area contributed by atoms with E-state index in [2.05, 4.69) is 38.5 Å². The molecule has 0 unspecified atom stereocenters. The second-order valence-corrected chi connectivity index (χ2v) is 15.3. The molecule has 0 spiro atoms. The van der Waals surface area contributed by atoms with Crippen molar-refractivity contribution in [3.05, 3.63) is 52.3 Å². The minimum atomic E-state index is -3.78. The summed E-state index contributed by atoms with van der Waals surface area (Å²) in [5, 5.41) is -0.0285. The van der Waals surface area contributed by atoms with Crippen LogP contribution in [0.25, 0.3) is 28.4 Å². The number of nitrogens with zero attached hydrogens (tertiary/aromatic N) is 1. The van der Waals surface area contributed by atoms with Gasteiger partial charge in [-0.15, -0.1) is 0 Å². The predicted molar refractivity (Wildman–Crippen MR) is 163 cm³/mol. The Morgan fingerprint density at radius 3 is 2.50 bits per heavy atom. The topological polar surface area (TPSA) is 108 Å². The van der Waals surface area contributed by atoms with E-state index in [1.807, 2.05) is 32.1 Å². The van der Waals surface area contributed by atoms with E-state index in [0.29, 0.717) is 47.6 Å². The van der Waals surface area contributed by atoms with Crippen LogP contribution in [0.5, 0.6) is 5.75 Å². The minimum absolute atomic E-state index is 0.204. The Kier molecular flexibility index (Phi) is 7.04. The summed E-state index contributed by atoms with van der Waals surface area (Å²) in [4.78, 5) is 18.8. The number of carbonyl (C=O) groups excluding carboxylic acids is 1. The number of hydrogen-bond donors (Lipinski definition) is 1. The standard InChI is InChI=1S/C33H40N2O6S/c1-19-11-14-27(39-18-21-16-32(3,4)41-33(5,6)17-21)28-24(31(36)35-42(37,38)22-12-13-22)15-25(34-29(19)28)30-20(2)23-9-7-8-10-26(23)40-30/h8,10-11,14-15,21-22H,7,9,12-13,16-18H2,1-6H3,(H,35,36). The van der Waals surface area contributed by atoms with Gasteiger partial charge in [-0.25, -0.2) is 18.1 Å². The van der Waals surface area contributed by atoms with E-state index in [0.717, 1.165) is 48.1 Å². The smallest absolute Gasteiger partial charge is 0.265 e. The largest absolute Gasteiger partial charge is 0.493 e. The lowest BCUT2D eigenvalue weighted by Crippen LogP contribution is -2.46. The molecule has 3 heterocycles. The third kappa shape index (κ3) is 5.61. The summed E-state index contributed by atoms with van der Waals surface area (Å²) in [5.41, 5.74) is 3.68. The molecule has 6 rings (SSSR count). The number of sulfonamides is 1. The number of allylic oxidation sites excluding steroid dienone is 1. The molecule has 0 bridgehead atoms. The summed E-state index contributed by atoms with van der Waals surface area (Å²) in [6.07, 6.45) is 8.66. The molecule has 8 nitrogen and oxygen atoms in total. The van der Waals surface area contributed by atoms with E-state index in [9.17, 15) is 13.2 Å². The third-order valence-corrected chi connectivity index (χ3v) is 10.3. The molecule has 0 atom stereocenters. The first kappa shape index (κ1) is 28.9. The van der Waals surface area contributed by atoms with Crippen LogP contribution in [0, 0.1) is 19.8 Å². The van der Waals surface area contributed by atoms with Gasteiger partial charge in [0, 0.05) is 11.1 Å².